The fourth-order valence-electron chi connectivity index (χ4n) is 1.44. The highest BCUT2D eigenvalue weighted by Gasteiger charge is 2.24. The number of nitro benzene ring substituents is 1. The fraction of sp³-hybridized carbons (Fsp3) is 0.364. The molecular weight excluding hydrogens is 240 g/mol. The summed E-state index contributed by atoms with van der Waals surface area (Å²) in [4.78, 5) is 22.1. The molecule has 1 aromatic rings. The van der Waals surface area contributed by atoms with E-state index in [0.717, 1.165) is 0 Å². The number of carbonyl (C=O) groups excluding carboxylic acids is 1. The van der Waals surface area contributed by atoms with Gasteiger partial charge < -0.3 is 15.2 Å². The Kier molecular flexibility index (Phi) is 5.06. The van der Waals surface area contributed by atoms with Crippen LogP contribution in [-0.4, -0.2) is 36.2 Å². The molecule has 2 N–H and O–H groups in total. The third-order valence-corrected chi connectivity index (χ3v) is 2.27. The summed E-state index contributed by atoms with van der Waals surface area (Å²) in [5, 5.41) is 21.9. The zero-order valence-electron chi connectivity index (χ0n) is 9.88. The molecule has 1 amide bonds. The van der Waals surface area contributed by atoms with Crippen molar-refractivity contribution < 1.29 is 19.6 Å². The van der Waals surface area contributed by atoms with Crippen LogP contribution in [0.25, 0.3) is 0 Å². The van der Waals surface area contributed by atoms with Gasteiger partial charge in [0.25, 0.3) is 11.6 Å². The molecule has 0 atom stereocenters. The number of aliphatic hydroxyl groups excluding tert-OH is 1. The summed E-state index contributed by atoms with van der Waals surface area (Å²) in [7, 11) is 1.34. The number of methoxy groups -OCH3 is 1. The molecule has 0 aliphatic carbocycles. The Balaban J connectivity index is 3.03. The first-order valence-electron chi connectivity index (χ1n) is 5.32. The number of nitrogens with one attached hydrogen (secondary N) is 1. The summed E-state index contributed by atoms with van der Waals surface area (Å²) in [6.07, 6.45) is 0.384. The molecule has 7 heteroatoms. The quantitative estimate of drug-likeness (QED) is 0.442. The minimum atomic E-state index is -0.635. The highest BCUT2D eigenvalue weighted by molar-refractivity contribution is 6.00. The molecule has 98 valence electrons. The molecule has 0 saturated heterocycles. The van der Waals surface area contributed by atoms with E-state index < -0.39 is 10.8 Å². The molecule has 0 bridgehead atoms. The van der Waals surface area contributed by atoms with Crippen LogP contribution in [0.5, 0.6) is 5.75 Å². The second-order valence-electron chi connectivity index (χ2n) is 3.44. The zero-order chi connectivity index (χ0) is 13.5. The van der Waals surface area contributed by atoms with Gasteiger partial charge in [-0.1, -0.05) is 6.07 Å². The normalized spacial score (nSPS) is 9.89. The monoisotopic (exact) mass is 254 g/mol. The number of amides is 1. The second kappa shape index (κ2) is 6.55. The largest absolute Gasteiger partial charge is 0.496 e. The Labute approximate surface area is 104 Å². The number of ether oxygens (including phenoxy) is 1. The van der Waals surface area contributed by atoms with Crippen LogP contribution in [0, 0.1) is 10.1 Å². The van der Waals surface area contributed by atoms with Crippen molar-refractivity contribution in [3.05, 3.63) is 33.9 Å². The van der Waals surface area contributed by atoms with E-state index >= 15 is 0 Å². The van der Waals surface area contributed by atoms with Gasteiger partial charge in [-0.15, -0.1) is 0 Å². The summed E-state index contributed by atoms with van der Waals surface area (Å²) in [5.74, 6) is -0.446. The molecule has 0 saturated carbocycles. The maximum atomic E-state index is 11.8. The van der Waals surface area contributed by atoms with Gasteiger partial charge in [-0.3, -0.25) is 14.9 Å². The molecule has 0 heterocycles. The maximum absolute atomic E-state index is 11.8. The standard InChI is InChI=1S/C11H14N2O5/c1-18-9-5-2-4-8(13(16)17)10(9)11(15)12-6-3-7-14/h2,4-5,14H,3,6-7H2,1H3,(H,12,15). The lowest BCUT2D eigenvalue weighted by Crippen LogP contribution is -2.26. The van der Waals surface area contributed by atoms with Crippen LogP contribution in [-0.2, 0) is 0 Å². The predicted molar refractivity (Wildman–Crippen MR) is 63.7 cm³/mol. The third-order valence-electron chi connectivity index (χ3n) is 2.27. The Morgan fingerprint density at radius 1 is 1.56 bits per heavy atom. The van der Waals surface area contributed by atoms with Crippen LogP contribution < -0.4 is 10.1 Å². The molecule has 0 spiro atoms. The Morgan fingerprint density at radius 3 is 2.83 bits per heavy atom. The van der Waals surface area contributed by atoms with Crippen molar-refractivity contribution in [2.45, 2.75) is 6.42 Å². The molecule has 0 unspecified atom stereocenters. The third kappa shape index (κ3) is 3.17. The first kappa shape index (κ1) is 13.9. The number of benzene rings is 1. The SMILES string of the molecule is COc1cccc([N+](=O)[O-])c1C(=O)NCCCO. The maximum Gasteiger partial charge on any atom is 0.285 e. The Hall–Kier alpha value is -2.15. The number of hydrogen-bond donors (Lipinski definition) is 2. The molecule has 7 nitrogen and oxygen atoms in total. The van der Waals surface area contributed by atoms with Gasteiger partial charge in [0, 0.05) is 19.2 Å². The average Bonchev–Trinajstić information content (AvgIpc) is 2.37. The molecule has 1 rings (SSSR count). The first-order chi connectivity index (χ1) is 8.61. The van der Waals surface area contributed by atoms with Crippen LogP contribution in [0.4, 0.5) is 5.69 Å². The van der Waals surface area contributed by atoms with Gasteiger partial charge in [0.15, 0.2) is 5.56 Å². The molecule has 0 radical (unpaired) electrons. The van der Waals surface area contributed by atoms with Crippen molar-refractivity contribution in [2.24, 2.45) is 0 Å². The predicted octanol–water partition coefficient (Wildman–Crippen LogP) is 0.716. The molecular formula is C11H14N2O5. The fourth-order valence-corrected chi connectivity index (χ4v) is 1.44. The molecule has 1 aromatic carbocycles. The van der Waals surface area contributed by atoms with Gasteiger partial charge >= 0.3 is 0 Å². The smallest absolute Gasteiger partial charge is 0.285 e. The summed E-state index contributed by atoms with van der Waals surface area (Å²) < 4.78 is 4.95. The molecule has 0 aliphatic heterocycles. The zero-order valence-corrected chi connectivity index (χ0v) is 9.88. The molecule has 18 heavy (non-hydrogen) atoms. The van der Waals surface area contributed by atoms with Crippen LogP contribution in [0.2, 0.25) is 0 Å². The molecule has 0 aromatic heterocycles. The lowest BCUT2D eigenvalue weighted by molar-refractivity contribution is -0.385. The highest BCUT2D eigenvalue weighted by atomic mass is 16.6. The van der Waals surface area contributed by atoms with Crippen LogP contribution in [0.1, 0.15) is 16.8 Å². The lowest BCUT2D eigenvalue weighted by atomic mass is 10.1. The van der Waals surface area contributed by atoms with Crippen molar-refractivity contribution in [2.75, 3.05) is 20.3 Å². The lowest BCUT2D eigenvalue weighted by Gasteiger charge is -2.09. The van der Waals surface area contributed by atoms with E-state index in [9.17, 15) is 14.9 Å². The number of aliphatic hydroxyl groups is 1. The summed E-state index contributed by atoms with van der Waals surface area (Å²) in [6, 6.07) is 4.17. The van der Waals surface area contributed by atoms with E-state index in [-0.39, 0.29) is 30.2 Å². The summed E-state index contributed by atoms with van der Waals surface area (Å²) in [6.45, 7) is 0.179. The van der Waals surface area contributed by atoms with Crippen molar-refractivity contribution in [1.29, 1.82) is 0 Å². The van der Waals surface area contributed by atoms with E-state index in [2.05, 4.69) is 5.32 Å². The van der Waals surface area contributed by atoms with Crippen molar-refractivity contribution in [3.63, 3.8) is 0 Å². The second-order valence-corrected chi connectivity index (χ2v) is 3.44. The van der Waals surface area contributed by atoms with E-state index in [1.165, 1.54) is 25.3 Å². The number of nitrogens with zero attached hydrogens (tertiary/aromatic N) is 1. The highest BCUT2D eigenvalue weighted by Crippen LogP contribution is 2.27. The summed E-state index contributed by atoms with van der Waals surface area (Å²) >= 11 is 0. The first-order valence-corrected chi connectivity index (χ1v) is 5.32. The van der Waals surface area contributed by atoms with E-state index in [1.54, 1.807) is 0 Å². The van der Waals surface area contributed by atoms with Gasteiger partial charge in [0.1, 0.15) is 5.75 Å². The van der Waals surface area contributed by atoms with Crippen LogP contribution in [0.15, 0.2) is 18.2 Å². The van der Waals surface area contributed by atoms with E-state index in [4.69, 9.17) is 9.84 Å². The van der Waals surface area contributed by atoms with E-state index in [1.807, 2.05) is 0 Å². The Bertz CT molecular complexity index is 447. The number of nitro groups is 1. The van der Waals surface area contributed by atoms with Gasteiger partial charge in [-0.05, 0) is 12.5 Å². The average molecular weight is 254 g/mol. The number of carbonyl (C=O) groups is 1. The van der Waals surface area contributed by atoms with E-state index in [0.29, 0.717) is 6.42 Å². The van der Waals surface area contributed by atoms with Crippen LogP contribution >= 0.6 is 0 Å². The van der Waals surface area contributed by atoms with Crippen molar-refractivity contribution in [1.82, 2.24) is 5.32 Å². The van der Waals surface area contributed by atoms with Gasteiger partial charge in [-0.2, -0.15) is 0 Å². The topological polar surface area (TPSA) is 102 Å². The Morgan fingerprint density at radius 2 is 2.28 bits per heavy atom. The van der Waals surface area contributed by atoms with Gasteiger partial charge in [0.2, 0.25) is 0 Å². The van der Waals surface area contributed by atoms with Crippen molar-refractivity contribution >= 4 is 11.6 Å². The minimum absolute atomic E-state index is 0.0612. The number of hydrogen-bond acceptors (Lipinski definition) is 5. The molecule has 0 aliphatic rings. The minimum Gasteiger partial charge on any atom is -0.496 e. The van der Waals surface area contributed by atoms with Gasteiger partial charge in [-0.25, -0.2) is 0 Å². The van der Waals surface area contributed by atoms with Crippen molar-refractivity contribution in [3.8, 4) is 5.75 Å². The molecule has 0 fully saturated rings. The van der Waals surface area contributed by atoms with Gasteiger partial charge in [0.05, 0.1) is 12.0 Å². The summed E-state index contributed by atoms with van der Waals surface area (Å²) in [5.41, 5.74) is -0.418. The van der Waals surface area contributed by atoms with Crippen LogP contribution in [0.3, 0.4) is 0 Å². The number of rotatable bonds is 6.